The highest BCUT2D eigenvalue weighted by atomic mass is 32.2. The molecule has 1 aromatic heterocycles. The Kier molecular flexibility index (Phi) is 18.5. The molecule has 0 saturated carbocycles. The number of sulfonamides is 1. The van der Waals surface area contributed by atoms with Crippen LogP contribution in [0.25, 0.3) is 0 Å². The lowest BCUT2D eigenvalue weighted by atomic mass is 10.2. The van der Waals surface area contributed by atoms with E-state index in [0.717, 1.165) is 6.42 Å². The van der Waals surface area contributed by atoms with Gasteiger partial charge >= 0.3 is 0 Å². The molecular weight excluding hydrogens is 492 g/mol. The van der Waals surface area contributed by atoms with Gasteiger partial charge in [0.15, 0.2) is 4.90 Å². The van der Waals surface area contributed by atoms with Crippen LogP contribution >= 0.6 is 0 Å². The molecule has 3 heterocycles. The SMILES string of the molecule is C#C.CC.CC.CC.CC.COc1nn2c(c1S(=O)(=O)N1CCOc3ccc(NC(C)=O)cc31)CCC2. The second-order valence-electron chi connectivity index (χ2n) is 6.40. The predicted octanol–water partition coefficient (Wildman–Crippen LogP) is 5.74. The fourth-order valence-electron chi connectivity index (χ4n) is 3.51. The fourth-order valence-corrected chi connectivity index (χ4v) is 5.29. The molecule has 2 aliphatic heterocycles. The molecule has 2 aliphatic rings. The topological polar surface area (TPSA) is 103 Å². The smallest absolute Gasteiger partial charge is 0.271 e. The number of hydrogen-bond donors (Lipinski definition) is 1. The number of aryl methyl sites for hydroxylation is 1. The summed E-state index contributed by atoms with van der Waals surface area (Å²) >= 11 is 0. The first-order valence-electron chi connectivity index (χ1n) is 13.0. The molecule has 37 heavy (non-hydrogen) atoms. The highest BCUT2D eigenvalue weighted by Crippen LogP contribution is 2.40. The van der Waals surface area contributed by atoms with E-state index in [1.807, 2.05) is 55.4 Å². The molecule has 2 aromatic rings. The Hall–Kier alpha value is -3.19. The minimum atomic E-state index is -3.91. The zero-order valence-corrected chi connectivity index (χ0v) is 25.0. The number of carbonyl (C=O) groups excluding carboxylic acids is 1. The summed E-state index contributed by atoms with van der Waals surface area (Å²) in [6, 6.07) is 4.93. The van der Waals surface area contributed by atoms with E-state index in [-0.39, 0.29) is 29.8 Å². The third-order valence-corrected chi connectivity index (χ3v) is 6.49. The first-order chi connectivity index (χ1) is 17.9. The molecular formula is C27H46N4O5S. The van der Waals surface area contributed by atoms with Crippen molar-refractivity contribution in [1.82, 2.24) is 9.78 Å². The van der Waals surface area contributed by atoms with Gasteiger partial charge in [0.2, 0.25) is 5.91 Å². The van der Waals surface area contributed by atoms with Crippen molar-refractivity contribution in [2.24, 2.45) is 0 Å². The maximum absolute atomic E-state index is 13.5. The molecule has 1 amide bonds. The molecule has 210 valence electrons. The molecule has 0 spiro atoms. The second-order valence-corrected chi connectivity index (χ2v) is 8.20. The van der Waals surface area contributed by atoms with Gasteiger partial charge in [0.25, 0.3) is 15.9 Å². The van der Waals surface area contributed by atoms with Gasteiger partial charge in [-0.15, -0.1) is 17.9 Å². The summed E-state index contributed by atoms with van der Waals surface area (Å²) in [4.78, 5) is 11.5. The van der Waals surface area contributed by atoms with Crippen LogP contribution in [0.3, 0.4) is 0 Å². The van der Waals surface area contributed by atoms with E-state index in [0.29, 0.717) is 35.8 Å². The highest BCUT2D eigenvalue weighted by molar-refractivity contribution is 7.93. The van der Waals surface area contributed by atoms with Crippen molar-refractivity contribution in [1.29, 1.82) is 0 Å². The van der Waals surface area contributed by atoms with Crippen LogP contribution in [0.15, 0.2) is 23.1 Å². The van der Waals surface area contributed by atoms with Crippen LogP contribution < -0.4 is 19.1 Å². The first-order valence-corrected chi connectivity index (χ1v) is 14.4. The van der Waals surface area contributed by atoms with E-state index in [4.69, 9.17) is 9.47 Å². The summed E-state index contributed by atoms with van der Waals surface area (Å²) in [6.07, 6.45) is 9.48. The molecule has 1 N–H and O–H groups in total. The Labute approximate surface area is 224 Å². The van der Waals surface area contributed by atoms with Crippen LogP contribution in [0.4, 0.5) is 11.4 Å². The molecule has 0 bridgehead atoms. The summed E-state index contributed by atoms with van der Waals surface area (Å²) in [6.45, 7) is 18.5. The summed E-state index contributed by atoms with van der Waals surface area (Å²) in [7, 11) is -2.50. The normalized spacial score (nSPS) is 12.2. The molecule has 0 atom stereocenters. The minimum Gasteiger partial charge on any atom is -0.489 e. The van der Waals surface area contributed by atoms with Crippen LogP contribution in [0.5, 0.6) is 11.6 Å². The number of terminal acetylenes is 1. The van der Waals surface area contributed by atoms with E-state index in [9.17, 15) is 13.2 Å². The molecule has 0 saturated heterocycles. The number of amides is 1. The van der Waals surface area contributed by atoms with E-state index >= 15 is 0 Å². The van der Waals surface area contributed by atoms with E-state index in [1.54, 1.807) is 22.9 Å². The summed E-state index contributed by atoms with van der Waals surface area (Å²) in [5, 5.41) is 6.95. The fraction of sp³-hybridized carbons (Fsp3) is 0.556. The zero-order valence-electron chi connectivity index (χ0n) is 24.2. The number of fused-ring (bicyclic) bond motifs is 2. The number of nitrogens with zero attached hydrogens (tertiary/aromatic N) is 3. The molecule has 10 heteroatoms. The summed E-state index contributed by atoms with van der Waals surface area (Å²) in [5.41, 5.74) is 1.55. The van der Waals surface area contributed by atoms with Gasteiger partial charge in [-0.3, -0.25) is 13.8 Å². The van der Waals surface area contributed by atoms with Gasteiger partial charge in [0, 0.05) is 19.2 Å². The number of carbonyl (C=O) groups is 1. The van der Waals surface area contributed by atoms with Crippen molar-refractivity contribution in [3.05, 3.63) is 23.9 Å². The highest BCUT2D eigenvalue weighted by Gasteiger charge is 2.38. The van der Waals surface area contributed by atoms with Gasteiger partial charge in [-0.05, 0) is 31.0 Å². The van der Waals surface area contributed by atoms with Gasteiger partial charge in [-0.25, -0.2) is 8.42 Å². The van der Waals surface area contributed by atoms with Gasteiger partial charge in [-0.1, -0.05) is 55.4 Å². The monoisotopic (exact) mass is 538 g/mol. The lowest BCUT2D eigenvalue weighted by molar-refractivity contribution is -0.114. The third kappa shape index (κ3) is 8.71. The number of anilines is 2. The standard InChI is InChI=1S/C17H20N4O5S.4C2H6.C2H2/c1-11(22)18-12-5-6-15-14(10-12)21(8-9-26-15)27(23,24)16-13-4-3-7-20(13)19-17(16)25-2;5*1-2/h5-6,10H,3-4,7-9H2,1-2H3,(H,18,22);4*1-2H3;1-2H. The van der Waals surface area contributed by atoms with Crippen LogP contribution in [0.2, 0.25) is 0 Å². The predicted molar refractivity (Wildman–Crippen MR) is 153 cm³/mol. The molecule has 0 fully saturated rings. The Morgan fingerprint density at radius 2 is 1.65 bits per heavy atom. The largest absolute Gasteiger partial charge is 0.489 e. The number of aromatic nitrogens is 2. The lowest BCUT2D eigenvalue weighted by Gasteiger charge is -2.30. The van der Waals surface area contributed by atoms with Gasteiger partial charge < -0.3 is 14.8 Å². The average molecular weight is 539 g/mol. The molecule has 4 rings (SSSR count). The van der Waals surface area contributed by atoms with Crippen molar-refractivity contribution in [3.8, 4) is 24.5 Å². The van der Waals surface area contributed by atoms with Gasteiger partial charge in [0.1, 0.15) is 12.4 Å². The Morgan fingerprint density at radius 1 is 1.05 bits per heavy atom. The summed E-state index contributed by atoms with van der Waals surface area (Å²) < 4.78 is 40.9. The van der Waals surface area contributed by atoms with E-state index in [1.165, 1.54) is 18.3 Å². The summed E-state index contributed by atoms with van der Waals surface area (Å²) in [5.74, 6) is 0.315. The van der Waals surface area contributed by atoms with E-state index in [2.05, 4.69) is 23.3 Å². The van der Waals surface area contributed by atoms with Crippen LogP contribution in [-0.4, -0.2) is 44.4 Å². The quantitative estimate of drug-likeness (QED) is 0.498. The average Bonchev–Trinajstić information content (AvgIpc) is 3.55. The van der Waals surface area contributed by atoms with Crippen molar-refractivity contribution >= 4 is 27.3 Å². The van der Waals surface area contributed by atoms with Gasteiger partial charge in [0.05, 0.1) is 25.0 Å². The zero-order chi connectivity index (χ0) is 29.2. The number of ether oxygens (including phenoxy) is 2. The Morgan fingerprint density at radius 3 is 2.19 bits per heavy atom. The Balaban J connectivity index is 0. The maximum Gasteiger partial charge on any atom is 0.271 e. The Bertz CT molecular complexity index is 1060. The number of hydrogen-bond acceptors (Lipinski definition) is 6. The van der Waals surface area contributed by atoms with Crippen LogP contribution in [-0.2, 0) is 27.8 Å². The number of nitrogens with one attached hydrogen (secondary N) is 1. The van der Waals surface area contributed by atoms with Gasteiger partial charge in [-0.2, -0.15) is 0 Å². The first kappa shape index (κ1) is 36.0. The number of methoxy groups -OCH3 is 1. The molecule has 0 unspecified atom stereocenters. The molecule has 0 radical (unpaired) electrons. The van der Waals surface area contributed by atoms with Crippen molar-refractivity contribution in [2.75, 3.05) is 29.9 Å². The number of benzene rings is 1. The number of rotatable bonds is 4. The van der Waals surface area contributed by atoms with Crippen molar-refractivity contribution in [3.63, 3.8) is 0 Å². The van der Waals surface area contributed by atoms with Crippen LogP contribution in [0.1, 0.15) is 74.4 Å². The lowest BCUT2D eigenvalue weighted by Crippen LogP contribution is -2.38. The van der Waals surface area contributed by atoms with Crippen LogP contribution in [0, 0.1) is 12.8 Å². The van der Waals surface area contributed by atoms with Crippen molar-refractivity contribution < 1.29 is 22.7 Å². The van der Waals surface area contributed by atoms with E-state index < -0.39 is 10.0 Å². The third-order valence-electron chi connectivity index (χ3n) is 4.60. The second kappa shape index (κ2) is 19.0. The molecule has 1 aromatic carbocycles. The maximum atomic E-state index is 13.5. The van der Waals surface area contributed by atoms with Crippen molar-refractivity contribution in [2.45, 2.75) is 86.6 Å². The molecule has 9 nitrogen and oxygen atoms in total. The minimum absolute atomic E-state index is 0.107. The molecule has 0 aliphatic carbocycles.